The van der Waals surface area contributed by atoms with E-state index in [1.165, 1.54) is 0 Å². The summed E-state index contributed by atoms with van der Waals surface area (Å²) in [5.74, 6) is 0.823. The molecule has 0 saturated carbocycles. The van der Waals surface area contributed by atoms with Gasteiger partial charge >= 0.3 is 0 Å². The van der Waals surface area contributed by atoms with E-state index in [2.05, 4.69) is 42.2 Å². The van der Waals surface area contributed by atoms with E-state index in [0.717, 1.165) is 20.1 Å². The zero-order chi connectivity index (χ0) is 21.3. The summed E-state index contributed by atoms with van der Waals surface area (Å²) < 4.78 is 13.2. The van der Waals surface area contributed by atoms with Crippen molar-refractivity contribution in [2.45, 2.75) is 6.92 Å². The van der Waals surface area contributed by atoms with Crippen molar-refractivity contribution in [1.82, 2.24) is 4.98 Å². The number of amides is 1. The van der Waals surface area contributed by atoms with Crippen molar-refractivity contribution < 1.29 is 13.9 Å². The lowest BCUT2D eigenvalue weighted by atomic mass is 10.2. The molecule has 0 aliphatic heterocycles. The summed E-state index contributed by atoms with van der Waals surface area (Å²) in [6, 6.07) is 16.4. The number of ether oxygens (including phenoxy) is 1. The summed E-state index contributed by atoms with van der Waals surface area (Å²) in [6.07, 6.45) is 0. The van der Waals surface area contributed by atoms with Gasteiger partial charge < -0.3 is 14.5 Å². The van der Waals surface area contributed by atoms with Gasteiger partial charge in [-0.3, -0.25) is 4.79 Å². The molecule has 1 aromatic heterocycles. The molecule has 0 bridgehead atoms. The highest BCUT2D eigenvalue weighted by Crippen LogP contribution is 2.32. The Labute approximate surface area is 194 Å². The zero-order valence-corrected chi connectivity index (χ0v) is 19.6. The zero-order valence-electron chi connectivity index (χ0n) is 15.7. The lowest BCUT2D eigenvalue weighted by molar-refractivity contribution is -0.118. The molecule has 1 heterocycles. The van der Waals surface area contributed by atoms with Gasteiger partial charge in [0.05, 0.1) is 4.47 Å². The van der Waals surface area contributed by atoms with E-state index >= 15 is 0 Å². The Hall–Kier alpha value is -2.35. The second-order valence-corrected chi connectivity index (χ2v) is 8.79. The summed E-state index contributed by atoms with van der Waals surface area (Å²) in [5.41, 5.74) is 3.56. The third kappa shape index (κ3) is 4.69. The summed E-state index contributed by atoms with van der Waals surface area (Å²) in [4.78, 5) is 16.9. The van der Waals surface area contributed by atoms with Gasteiger partial charge in [-0.25, -0.2) is 4.98 Å². The summed E-state index contributed by atoms with van der Waals surface area (Å²) in [6.45, 7) is 1.80. The van der Waals surface area contributed by atoms with Crippen LogP contribution in [0.15, 0.2) is 68.0 Å². The van der Waals surface area contributed by atoms with E-state index in [-0.39, 0.29) is 12.5 Å². The van der Waals surface area contributed by atoms with E-state index in [1.54, 1.807) is 30.3 Å². The summed E-state index contributed by atoms with van der Waals surface area (Å²) >= 11 is 12.9. The maximum atomic E-state index is 12.4. The third-order valence-electron chi connectivity index (χ3n) is 4.28. The number of hydrogen-bond acceptors (Lipinski definition) is 4. The van der Waals surface area contributed by atoms with E-state index in [0.29, 0.717) is 33.4 Å². The fourth-order valence-electron chi connectivity index (χ4n) is 2.96. The molecule has 3 aromatic carbocycles. The minimum Gasteiger partial charge on any atom is -0.482 e. The minimum absolute atomic E-state index is 0.119. The molecule has 0 fully saturated rings. The molecule has 8 heteroatoms. The maximum Gasteiger partial charge on any atom is 0.262 e. The van der Waals surface area contributed by atoms with Crippen molar-refractivity contribution in [3.8, 4) is 17.2 Å². The SMILES string of the molecule is Cc1cc(Br)cc(Br)c1OCC(=O)Nc1ccc2oc(-c3cccc(Cl)c3)nc2c1. The number of aromatic nitrogens is 1. The number of oxazole rings is 1. The van der Waals surface area contributed by atoms with E-state index < -0.39 is 0 Å². The Kier molecular flexibility index (Phi) is 6.13. The normalized spacial score (nSPS) is 10.9. The number of aryl methyl sites for hydroxylation is 1. The molecule has 0 atom stereocenters. The third-order valence-corrected chi connectivity index (χ3v) is 5.57. The minimum atomic E-state index is -0.276. The molecule has 4 aromatic rings. The van der Waals surface area contributed by atoms with E-state index in [1.807, 2.05) is 31.2 Å². The van der Waals surface area contributed by atoms with E-state index in [4.69, 9.17) is 20.8 Å². The van der Waals surface area contributed by atoms with Crippen molar-refractivity contribution in [2.75, 3.05) is 11.9 Å². The number of anilines is 1. The smallest absolute Gasteiger partial charge is 0.262 e. The molecule has 0 aliphatic rings. The Morgan fingerprint density at radius 3 is 2.77 bits per heavy atom. The van der Waals surface area contributed by atoms with Crippen molar-refractivity contribution in [1.29, 1.82) is 0 Å². The monoisotopic (exact) mass is 548 g/mol. The molecule has 152 valence electrons. The van der Waals surface area contributed by atoms with Gasteiger partial charge in [0.2, 0.25) is 5.89 Å². The Morgan fingerprint density at radius 1 is 1.17 bits per heavy atom. The first kappa shape index (κ1) is 20.9. The van der Waals surface area contributed by atoms with Crippen molar-refractivity contribution in [2.24, 2.45) is 0 Å². The first-order valence-electron chi connectivity index (χ1n) is 8.94. The first-order chi connectivity index (χ1) is 14.4. The molecular weight excluding hydrogens is 536 g/mol. The molecule has 0 spiro atoms. The first-order valence-corrected chi connectivity index (χ1v) is 10.9. The van der Waals surface area contributed by atoms with Gasteiger partial charge in [0, 0.05) is 20.7 Å². The second-order valence-electron chi connectivity index (χ2n) is 6.58. The summed E-state index contributed by atoms with van der Waals surface area (Å²) in [7, 11) is 0. The molecule has 5 nitrogen and oxygen atoms in total. The highest BCUT2D eigenvalue weighted by molar-refractivity contribution is 9.11. The largest absolute Gasteiger partial charge is 0.482 e. The van der Waals surface area contributed by atoms with Gasteiger partial charge in [-0.15, -0.1) is 0 Å². The number of halogens is 3. The Balaban J connectivity index is 1.47. The standard InChI is InChI=1S/C22H15Br2ClN2O3/c1-12-7-14(23)9-17(24)21(12)29-11-20(28)26-16-5-6-19-18(10-16)27-22(30-19)13-3-2-4-15(25)8-13/h2-10H,11H2,1H3,(H,26,28). The van der Waals surface area contributed by atoms with Gasteiger partial charge in [-0.1, -0.05) is 33.6 Å². The lowest BCUT2D eigenvalue weighted by Gasteiger charge is -2.12. The molecule has 0 unspecified atom stereocenters. The molecule has 1 amide bonds. The lowest BCUT2D eigenvalue weighted by Crippen LogP contribution is -2.20. The number of carbonyl (C=O) groups excluding carboxylic acids is 1. The average molecular weight is 551 g/mol. The average Bonchev–Trinajstić information content (AvgIpc) is 3.10. The van der Waals surface area contributed by atoms with Gasteiger partial charge in [-0.05, 0) is 76.9 Å². The van der Waals surface area contributed by atoms with Crippen LogP contribution in [0.25, 0.3) is 22.6 Å². The Morgan fingerprint density at radius 2 is 2.00 bits per heavy atom. The molecule has 4 rings (SSSR count). The van der Waals surface area contributed by atoms with Crippen LogP contribution in [-0.4, -0.2) is 17.5 Å². The molecule has 30 heavy (non-hydrogen) atoms. The number of rotatable bonds is 5. The fraction of sp³-hybridized carbons (Fsp3) is 0.0909. The Bertz CT molecular complexity index is 1230. The maximum absolute atomic E-state index is 12.4. The van der Waals surface area contributed by atoms with Gasteiger partial charge in [0.1, 0.15) is 11.3 Å². The molecule has 1 N–H and O–H groups in total. The van der Waals surface area contributed by atoms with Crippen LogP contribution in [0.3, 0.4) is 0 Å². The van der Waals surface area contributed by atoms with Crippen LogP contribution in [0.5, 0.6) is 5.75 Å². The van der Waals surface area contributed by atoms with Crippen LogP contribution in [0.1, 0.15) is 5.56 Å². The number of nitrogens with one attached hydrogen (secondary N) is 1. The van der Waals surface area contributed by atoms with Crippen molar-refractivity contribution >= 4 is 66.2 Å². The number of carbonyl (C=O) groups is 1. The van der Waals surface area contributed by atoms with Crippen LogP contribution in [0.4, 0.5) is 5.69 Å². The number of benzene rings is 3. The number of hydrogen-bond donors (Lipinski definition) is 1. The van der Waals surface area contributed by atoms with Crippen LogP contribution < -0.4 is 10.1 Å². The highest BCUT2D eigenvalue weighted by atomic mass is 79.9. The van der Waals surface area contributed by atoms with Crippen LogP contribution in [0.2, 0.25) is 5.02 Å². The quantitative estimate of drug-likeness (QED) is 0.291. The predicted octanol–water partition coefficient (Wildman–Crippen LogP) is 7.00. The summed E-state index contributed by atoms with van der Waals surface area (Å²) in [5, 5.41) is 3.43. The highest BCUT2D eigenvalue weighted by Gasteiger charge is 2.12. The number of fused-ring (bicyclic) bond motifs is 1. The molecular formula is C22H15Br2ClN2O3. The second kappa shape index (κ2) is 8.79. The fourth-order valence-corrected chi connectivity index (χ4v) is 4.70. The van der Waals surface area contributed by atoms with Gasteiger partial charge in [0.25, 0.3) is 5.91 Å². The van der Waals surface area contributed by atoms with Gasteiger partial charge in [-0.2, -0.15) is 0 Å². The van der Waals surface area contributed by atoms with Crippen LogP contribution in [-0.2, 0) is 4.79 Å². The molecule has 0 aliphatic carbocycles. The van der Waals surface area contributed by atoms with E-state index in [9.17, 15) is 4.79 Å². The molecule has 0 saturated heterocycles. The predicted molar refractivity (Wildman–Crippen MR) is 125 cm³/mol. The van der Waals surface area contributed by atoms with Crippen molar-refractivity contribution in [3.63, 3.8) is 0 Å². The number of nitrogens with zero attached hydrogens (tertiary/aromatic N) is 1. The molecule has 0 radical (unpaired) electrons. The van der Waals surface area contributed by atoms with Crippen LogP contribution in [0, 0.1) is 6.92 Å². The van der Waals surface area contributed by atoms with Crippen LogP contribution >= 0.6 is 43.5 Å². The van der Waals surface area contributed by atoms with Gasteiger partial charge in [0.15, 0.2) is 12.2 Å². The topological polar surface area (TPSA) is 64.4 Å². The van der Waals surface area contributed by atoms with Crippen molar-refractivity contribution in [3.05, 3.63) is 74.1 Å².